The number of carbonyl (C=O) groups is 1. The minimum Gasteiger partial charge on any atom is -0.380 e. The first kappa shape index (κ1) is 22.3. The fraction of sp³-hybridized carbons (Fsp3) is 0.310. The van der Waals surface area contributed by atoms with E-state index >= 15 is 0 Å². The molecule has 2 atom stereocenters. The minimum absolute atomic E-state index is 0.123. The van der Waals surface area contributed by atoms with Crippen LogP contribution in [0.2, 0.25) is 0 Å². The SMILES string of the molecule is O=C(Cc1ccsc1)C(C1CCc2ccccc2N1)N1CCN(c2nccc3ccccc23)CC1. The van der Waals surface area contributed by atoms with Crippen LogP contribution in [0.1, 0.15) is 17.5 Å². The number of thiophene rings is 1. The Kier molecular flexibility index (Phi) is 6.23. The van der Waals surface area contributed by atoms with Crippen LogP contribution in [0.4, 0.5) is 11.5 Å². The predicted octanol–water partition coefficient (Wildman–Crippen LogP) is 5.03. The molecular formula is C29H30N4OS. The number of Topliss-reactive ketones (excluding diaryl/α,β-unsaturated/α-hetero) is 1. The molecule has 4 aromatic rings. The van der Waals surface area contributed by atoms with Crippen LogP contribution in [0, 0.1) is 0 Å². The second kappa shape index (κ2) is 9.80. The maximum Gasteiger partial charge on any atom is 0.156 e. The van der Waals surface area contributed by atoms with Crippen molar-refractivity contribution in [2.24, 2.45) is 0 Å². The van der Waals surface area contributed by atoms with Crippen molar-refractivity contribution in [3.63, 3.8) is 0 Å². The average Bonchev–Trinajstić information content (AvgIpc) is 3.42. The average molecular weight is 483 g/mol. The molecule has 1 N–H and O–H groups in total. The molecule has 35 heavy (non-hydrogen) atoms. The molecule has 0 radical (unpaired) electrons. The highest BCUT2D eigenvalue weighted by Gasteiger charge is 2.37. The number of nitrogens with zero attached hydrogens (tertiary/aromatic N) is 3. The summed E-state index contributed by atoms with van der Waals surface area (Å²) in [6.45, 7) is 3.44. The molecular weight excluding hydrogens is 452 g/mol. The molecule has 0 saturated carbocycles. The number of benzene rings is 2. The van der Waals surface area contributed by atoms with Crippen LogP contribution in [0.3, 0.4) is 0 Å². The van der Waals surface area contributed by atoms with Gasteiger partial charge in [-0.05, 0) is 58.3 Å². The Balaban J connectivity index is 1.23. The lowest BCUT2D eigenvalue weighted by atomic mass is 9.89. The van der Waals surface area contributed by atoms with Gasteiger partial charge in [0, 0.05) is 55.9 Å². The number of piperazine rings is 1. The maximum atomic E-state index is 13.7. The third-order valence-corrected chi connectivity index (χ3v) is 8.14. The molecule has 2 aromatic heterocycles. The lowest BCUT2D eigenvalue weighted by Crippen LogP contribution is -2.59. The first-order valence-corrected chi connectivity index (χ1v) is 13.4. The molecule has 0 aliphatic carbocycles. The number of aryl methyl sites for hydroxylation is 1. The molecule has 0 amide bonds. The summed E-state index contributed by atoms with van der Waals surface area (Å²) in [6, 6.07) is 21.1. The molecule has 0 bridgehead atoms. The van der Waals surface area contributed by atoms with E-state index in [2.05, 4.69) is 86.5 Å². The second-order valence-electron chi connectivity index (χ2n) is 9.54. The molecule has 2 aliphatic heterocycles. The van der Waals surface area contributed by atoms with Gasteiger partial charge in [0.25, 0.3) is 0 Å². The standard InChI is InChI=1S/C29H30N4OS/c34-27(19-21-12-18-35-20-21)28(26-10-9-23-6-2-4-8-25(23)31-26)32-14-16-33(17-15-32)29-24-7-3-1-5-22(24)11-13-30-29/h1-8,11-13,18,20,26,28,31H,9-10,14-17,19H2. The summed E-state index contributed by atoms with van der Waals surface area (Å²) < 4.78 is 0. The van der Waals surface area contributed by atoms with Crippen molar-refractivity contribution in [2.45, 2.75) is 31.3 Å². The van der Waals surface area contributed by atoms with Crippen LogP contribution < -0.4 is 10.2 Å². The zero-order valence-electron chi connectivity index (χ0n) is 19.8. The lowest BCUT2D eigenvalue weighted by molar-refractivity contribution is -0.124. The molecule has 2 aliphatic rings. The van der Waals surface area contributed by atoms with Crippen LogP contribution in [-0.4, -0.2) is 53.9 Å². The molecule has 2 aromatic carbocycles. The molecule has 6 heteroatoms. The molecule has 1 saturated heterocycles. The van der Waals surface area contributed by atoms with Crippen molar-refractivity contribution in [1.29, 1.82) is 0 Å². The normalized spacial score (nSPS) is 19.2. The molecule has 6 rings (SSSR count). The van der Waals surface area contributed by atoms with Crippen molar-refractivity contribution < 1.29 is 4.79 Å². The first-order chi connectivity index (χ1) is 17.3. The third-order valence-electron chi connectivity index (χ3n) is 7.41. The van der Waals surface area contributed by atoms with Crippen LogP contribution >= 0.6 is 11.3 Å². The third kappa shape index (κ3) is 4.56. The van der Waals surface area contributed by atoms with Crippen molar-refractivity contribution in [2.75, 3.05) is 36.4 Å². The highest BCUT2D eigenvalue weighted by atomic mass is 32.1. The van der Waals surface area contributed by atoms with E-state index in [4.69, 9.17) is 4.98 Å². The van der Waals surface area contributed by atoms with Crippen LogP contribution in [0.25, 0.3) is 10.8 Å². The fourth-order valence-electron chi connectivity index (χ4n) is 5.65. The Bertz CT molecular complexity index is 1310. The summed E-state index contributed by atoms with van der Waals surface area (Å²) in [4.78, 5) is 23.3. The van der Waals surface area contributed by atoms with E-state index in [0.717, 1.165) is 50.4 Å². The molecule has 5 nitrogen and oxygen atoms in total. The van der Waals surface area contributed by atoms with E-state index in [1.165, 1.54) is 22.0 Å². The smallest absolute Gasteiger partial charge is 0.156 e. The van der Waals surface area contributed by atoms with Gasteiger partial charge in [0.2, 0.25) is 0 Å². The van der Waals surface area contributed by atoms with Crippen molar-refractivity contribution in [1.82, 2.24) is 9.88 Å². The number of para-hydroxylation sites is 1. The Morgan fingerprint density at radius 2 is 1.86 bits per heavy atom. The summed E-state index contributed by atoms with van der Waals surface area (Å²) in [5.41, 5.74) is 3.65. The summed E-state index contributed by atoms with van der Waals surface area (Å²) in [5.74, 6) is 1.37. The number of hydrogen-bond donors (Lipinski definition) is 1. The summed E-state index contributed by atoms with van der Waals surface area (Å²) in [6.07, 6.45) is 4.39. The number of aromatic nitrogens is 1. The van der Waals surface area contributed by atoms with Crippen LogP contribution in [0.5, 0.6) is 0 Å². The van der Waals surface area contributed by atoms with Gasteiger partial charge in [-0.25, -0.2) is 4.98 Å². The number of pyridine rings is 1. The summed E-state index contributed by atoms with van der Waals surface area (Å²) in [7, 11) is 0. The van der Waals surface area contributed by atoms with Gasteiger partial charge < -0.3 is 10.2 Å². The number of anilines is 2. The number of nitrogens with one attached hydrogen (secondary N) is 1. The number of fused-ring (bicyclic) bond motifs is 2. The van der Waals surface area contributed by atoms with Crippen molar-refractivity contribution in [3.8, 4) is 0 Å². The highest BCUT2D eigenvalue weighted by Crippen LogP contribution is 2.30. The second-order valence-corrected chi connectivity index (χ2v) is 10.3. The van der Waals surface area contributed by atoms with Crippen molar-refractivity contribution in [3.05, 3.63) is 88.7 Å². The molecule has 178 valence electrons. The Morgan fingerprint density at radius 1 is 1.03 bits per heavy atom. The lowest BCUT2D eigenvalue weighted by Gasteiger charge is -2.43. The van der Waals surface area contributed by atoms with Crippen LogP contribution in [-0.2, 0) is 17.6 Å². The van der Waals surface area contributed by atoms with Gasteiger partial charge in [-0.1, -0.05) is 42.5 Å². The highest BCUT2D eigenvalue weighted by molar-refractivity contribution is 7.08. The van der Waals surface area contributed by atoms with Crippen LogP contribution in [0.15, 0.2) is 77.6 Å². The quantitative estimate of drug-likeness (QED) is 0.418. The monoisotopic (exact) mass is 482 g/mol. The Labute approximate surface area is 210 Å². The number of carbonyl (C=O) groups excluding carboxylic acids is 1. The molecule has 1 fully saturated rings. The molecule has 0 spiro atoms. The van der Waals surface area contributed by atoms with E-state index in [-0.39, 0.29) is 12.1 Å². The largest absolute Gasteiger partial charge is 0.380 e. The first-order valence-electron chi connectivity index (χ1n) is 12.5. The fourth-order valence-corrected chi connectivity index (χ4v) is 6.32. The zero-order valence-corrected chi connectivity index (χ0v) is 20.6. The van der Waals surface area contributed by atoms with Gasteiger partial charge in [-0.2, -0.15) is 11.3 Å². The number of rotatable bonds is 6. The number of ketones is 1. The Morgan fingerprint density at radius 3 is 2.71 bits per heavy atom. The van der Waals surface area contributed by atoms with E-state index in [1.54, 1.807) is 11.3 Å². The van der Waals surface area contributed by atoms with Gasteiger partial charge in [0.1, 0.15) is 5.82 Å². The van der Waals surface area contributed by atoms with Gasteiger partial charge in [-0.15, -0.1) is 0 Å². The molecule has 4 heterocycles. The summed E-state index contributed by atoms with van der Waals surface area (Å²) in [5, 5.41) is 10.3. The van der Waals surface area contributed by atoms with Gasteiger partial charge in [0.15, 0.2) is 5.78 Å². The maximum absolute atomic E-state index is 13.7. The topological polar surface area (TPSA) is 48.5 Å². The summed E-state index contributed by atoms with van der Waals surface area (Å²) >= 11 is 1.66. The van der Waals surface area contributed by atoms with E-state index < -0.39 is 0 Å². The Hall–Kier alpha value is -3.22. The van der Waals surface area contributed by atoms with Crippen molar-refractivity contribution >= 4 is 39.4 Å². The predicted molar refractivity (Wildman–Crippen MR) is 145 cm³/mol. The minimum atomic E-state index is -0.133. The van der Waals surface area contributed by atoms with Gasteiger partial charge >= 0.3 is 0 Å². The van der Waals surface area contributed by atoms with E-state index in [9.17, 15) is 4.79 Å². The van der Waals surface area contributed by atoms with Gasteiger partial charge in [-0.3, -0.25) is 9.69 Å². The molecule has 2 unspecified atom stereocenters. The van der Waals surface area contributed by atoms with E-state index in [0.29, 0.717) is 12.2 Å². The van der Waals surface area contributed by atoms with E-state index in [1.807, 2.05) is 6.20 Å². The van der Waals surface area contributed by atoms with Gasteiger partial charge in [0.05, 0.1) is 6.04 Å². The zero-order chi connectivity index (χ0) is 23.6. The number of hydrogen-bond acceptors (Lipinski definition) is 6.